The minimum Gasteiger partial charge on any atom is -0.494 e. The van der Waals surface area contributed by atoms with Gasteiger partial charge in [-0.3, -0.25) is 4.79 Å². The summed E-state index contributed by atoms with van der Waals surface area (Å²) < 4.78 is 5.07. The van der Waals surface area contributed by atoms with Crippen LogP contribution in [0.2, 0.25) is 10.0 Å². The number of aromatic amines is 1. The molecule has 0 aliphatic carbocycles. The molecule has 0 spiro atoms. The van der Waals surface area contributed by atoms with Gasteiger partial charge in [-0.05, 0) is 19.2 Å². The van der Waals surface area contributed by atoms with E-state index in [1.54, 1.807) is 16.7 Å². The quantitative estimate of drug-likeness (QED) is 0.599. The fraction of sp³-hybridized carbons (Fsp3) is 0.316. The number of hydrogen-bond acceptors (Lipinski definition) is 5. The van der Waals surface area contributed by atoms with Gasteiger partial charge in [-0.15, -0.1) is 11.8 Å². The molecule has 1 atom stereocenters. The Morgan fingerprint density at radius 2 is 2.07 bits per heavy atom. The maximum atomic E-state index is 13.1. The summed E-state index contributed by atoms with van der Waals surface area (Å²) in [6.45, 7) is 2.58. The number of ether oxygens (including phenoxy) is 1. The second kappa shape index (κ2) is 7.46. The zero-order valence-corrected chi connectivity index (χ0v) is 17.9. The predicted molar refractivity (Wildman–Crippen MR) is 112 cm³/mol. The first-order valence-corrected chi connectivity index (χ1v) is 10.7. The molecular weight excluding hydrogens is 419 g/mol. The zero-order chi connectivity index (χ0) is 20.0. The van der Waals surface area contributed by atoms with Gasteiger partial charge < -0.3 is 14.6 Å². The topological polar surface area (TPSA) is 71.1 Å². The van der Waals surface area contributed by atoms with Crippen molar-refractivity contribution in [1.29, 1.82) is 0 Å². The van der Waals surface area contributed by atoms with Crippen LogP contribution in [0.4, 0.5) is 0 Å². The molecule has 1 amide bonds. The Kier molecular flexibility index (Phi) is 5.16. The number of thioether (sulfide) groups is 1. The second-order valence-corrected chi connectivity index (χ2v) is 8.15. The summed E-state index contributed by atoms with van der Waals surface area (Å²) in [5.41, 5.74) is 2.98. The summed E-state index contributed by atoms with van der Waals surface area (Å²) in [7, 11) is 1.53. The van der Waals surface area contributed by atoms with E-state index in [1.807, 2.05) is 19.2 Å². The van der Waals surface area contributed by atoms with Gasteiger partial charge in [0, 0.05) is 34.5 Å². The molecule has 4 rings (SSSR count). The number of fused-ring (bicyclic) bond motifs is 3. The summed E-state index contributed by atoms with van der Waals surface area (Å²) in [5, 5.41) is 2.05. The first kappa shape index (κ1) is 19.4. The SMILES string of the molecule is COc1cnc(C(=O)N2CCc3[nH]c4c(Cl)c(Cl)cc(SC)c4c3C2C)nc1. The predicted octanol–water partition coefficient (Wildman–Crippen LogP) is 4.75. The number of nitrogens with zero attached hydrogens (tertiary/aromatic N) is 3. The Hall–Kier alpha value is -1.96. The molecule has 1 aromatic carbocycles. The van der Waals surface area contributed by atoms with Crippen molar-refractivity contribution < 1.29 is 9.53 Å². The van der Waals surface area contributed by atoms with Gasteiger partial charge in [0.05, 0.1) is 41.1 Å². The van der Waals surface area contributed by atoms with Gasteiger partial charge in [0.2, 0.25) is 5.82 Å². The minimum absolute atomic E-state index is 0.154. The second-order valence-electron chi connectivity index (χ2n) is 6.51. The smallest absolute Gasteiger partial charge is 0.292 e. The maximum absolute atomic E-state index is 13.1. The summed E-state index contributed by atoms with van der Waals surface area (Å²) in [4.78, 5) is 27.6. The molecule has 0 saturated heterocycles. The normalized spacial score (nSPS) is 16.3. The average Bonchev–Trinajstić information content (AvgIpc) is 3.11. The van der Waals surface area contributed by atoms with E-state index < -0.39 is 0 Å². The highest BCUT2D eigenvalue weighted by molar-refractivity contribution is 7.98. The molecule has 3 aromatic rings. The molecule has 146 valence electrons. The van der Waals surface area contributed by atoms with Crippen LogP contribution in [0.5, 0.6) is 5.75 Å². The van der Waals surface area contributed by atoms with Crippen LogP contribution in [0.3, 0.4) is 0 Å². The fourth-order valence-electron chi connectivity index (χ4n) is 3.70. The summed E-state index contributed by atoms with van der Waals surface area (Å²) in [6.07, 6.45) is 5.69. The molecular formula is C19H18Cl2N4O2S. The van der Waals surface area contributed by atoms with E-state index in [4.69, 9.17) is 27.9 Å². The highest BCUT2D eigenvalue weighted by atomic mass is 35.5. The molecule has 3 heterocycles. The van der Waals surface area contributed by atoms with Gasteiger partial charge in [-0.2, -0.15) is 0 Å². The van der Waals surface area contributed by atoms with Crippen molar-refractivity contribution in [3.8, 4) is 5.75 Å². The maximum Gasteiger partial charge on any atom is 0.292 e. The molecule has 1 aliphatic heterocycles. The number of amides is 1. The van der Waals surface area contributed by atoms with Crippen LogP contribution < -0.4 is 4.74 Å². The molecule has 1 N–H and O–H groups in total. The lowest BCUT2D eigenvalue weighted by atomic mass is 9.96. The third kappa shape index (κ3) is 3.02. The van der Waals surface area contributed by atoms with Gasteiger partial charge in [-0.1, -0.05) is 23.2 Å². The Morgan fingerprint density at radius 1 is 1.36 bits per heavy atom. The summed E-state index contributed by atoms with van der Waals surface area (Å²) in [6, 6.07) is 1.73. The van der Waals surface area contributed by atoms with Crippen molar-refractivity contribution in [2.24, 2.45) is 0 Å². The molecule has 0 saturated carbocycles. The van der Waals surface area contributed by atoms with Crippen LogP contribution in [0.1, 0.15) is 34.8 Å². The molecule has 28 heavy (non-hydrogen) atoms. The average molecular weight is 437 g/mol. The standard InChI is InChI=1S/C19H18Cl2N4O2S/c1-9-14-12(24-17-15(14)13(28-3)6-11(20)16(17)21)4-5-25(9)19(26)18-22-7-10(27-2)8-23-18/h6-9,24H,4-5H2,1-3H3. The molecule has 2 aromatic heterocycles. The Balaban J connectivity index is 1.78. The number of carbonyl (C=O) groups excluding carboxylic acids is 1. The number of methoxy groups -OCH3 is 1. The van der Waals surface area contributed by atoms with Crippen molar-refractivity contribution >= 4 is 51.8 Å². The van der Waals surface area contributed by atoms with Crippen molar-refractivity contribution in [3.63, 3.8) is 0 Å². The number of aromatic nitrogens is 3. The number of benzene rings is 1. The van der Waals surface area contributed by atoms with E-state index in [9.17, 15) is 4.79 Å². The van der Waals surface area contributed by atoms with Crippen LogP contribution in [-0.4, -0.2) is 45.7 Å². The number of H-pyrrole nitrogens is 1. The van der Waals surface area contributed by atoms with Crippen molar-refractivity contribution in [2.75, 3.05) is 19.9 Å². The van der Waals surface area contributed by atoms with E-state index in [0.29, 0.717) is 28.8 Å². The largest absolute Gasteiger partial charge is 0.494 e. The van der Waals surface area contributed by atoms with E-state index in [0.717, 1.165) is 27.1 Å². The molecule has 0 bridgehead atoms. The lowest BCUT2D eigenvalue weighted by Crippen LogP contribution is -2.39. The Labute approximate surface area is 176 Å². The number of halogens is 2. The minimum atomic E-state index is -0.207. The van der Waals surface area contributed by atoms with Crippen LogP contribution >= 0.6 is 35.0 Å². The van der Waals surface area contributed by atoms with Gasteiger partial charge in [0.1, 0.15) is 0 Å². The van der Waals surface area contributed by atoms with E-state index in [2.05, 4.69) is 15.0 Å². The van der Waals surface area contributed by atoms with Crippen molar-refractivity contribution in [2.45, 2.75) is 24.3 Å². The third-order valence-corrected chi connectivity index (χ3v) is 6.63. The lowest BCUT2D eigenvalue weighted by molar-refractivity contribution is 0.0665. The van der Waals surface area contributed by atoms with Gasteiger partial charge in [0.25, 0.3) is 5.91 Å². The molecule has 0 radical (unpaired) electrons. The fourth-order valence-corrected chi connectivity index (χ4v) is 4.81. The third-order valence-electron chi connectivity index (χ3n) is 5.08. The van der Waals surface area contributed by atoms with Crippen LogP contribution in [0.15, 0.2) is 23.4 Å². The van der Waals surface area contributed by atoms with Crippen LogP contribution in [0, 0.1) is 0 Å². The number of nitrogens with one attached hydrogen (secondary N) is 1. The summed E-state index contributed by atoms with van der Waals surface area (Å²) >= 11 is 14.4. The van der Waals surface area contributed by atoms with Crippen molar-refractivity contribution in [3.05, 3.63) is 45.6 Å². The summed E-state index contributed by atoms with van der Waals surface area (Å²) in [5.74, 6) is 0.460. The molecule has 1 unspecified atom stereocenters. The van der Waals surface area contributed by atoms with E-state index >= 15 is 0 Å². The van der Waals surface area contributed by atoms with Gasteiger partial charge >= 0.3 is 0 Å². The van der Waals surface area contributed by atoms with E-state index in [1.165, 1.54) is 19.5 Å². The van der Waals surface area contributed by atoms with Gasteiger partial charge in [-0.25, -0.2) is 9.97 Å². The van der Waals surface area contributed by atoms with Crippen LogP contribution in [-0.2, 0) is 6.42 Å². The van der Waals surface area contributed by atoms with Gasteiger partial charge in [0.15, 0.2) is 5.75 Å². The van der Waals surface area contributed by atoms with E-state index in [-0.39, 0.29) is 17.8 Å². The number of rotatable bonds is 3. The molecule has 1 aliphatic rings. The van der Waals surface area contributed by atoms with Crippen molar-refractivity contribution in [1.82, 2.24) is 19.9 Å². The number of carbonyl (C=O) groups is 1. The Bertz CT molecular complexity index is 1070. The first-order valence-electron chi connectivity index (χ1n) is 8.69. The Morgan fingerprint density at radius 3 is 2.71 bits per heavy atom. The van der Waals surface area contributed by atoms with Crippen LogP contribution in [0.25, 0.3) is 10.9 Å². The number of hydrogen-bond donors (Lipinski definition) is 1. The first-order chi connectivity index (χ1) is 13.5. The molecule has 0 fully saturated rings. The lowest BCUT2D eigenvalue weighted by Gasteiger charge is -2.33. The molecule has 6 nitrogen and oxygen atoms in total. The monoisotopic (exact) mass is 436 g/mol. The molecule has 9 heteroatoms. The zero-order valence-electron chi connectivity index (χ0n) is 15.5. The highest BCUT2D eigenvalue weighted by Gasteiger charge is 2.33. The highest BCUT2D eigenvalue weighted by Crippen LogP contribution is 2.44.